The molecule has 1 fully saturated rings. The Labute approximate surface area is 142 Å². The summed E-state index contributed by atoms with van der Waals surface area (Å²) in [6.45, 7) is 2.05. The van der Waals surface area contributed by atoms with E-state index in [0.717, 1.165) is 18.4 Å². The van der Waals surface area contributed by atoms with Gasteiger partial charge in [-0.05, 0) is 31.2 Å². The number of aliphatic hydroxyl groups excluding tert-OH is 1. The zero-order valence-corrected chi connectivity index (χ0v) is 14.1. The van der Waals surface area contributed by atoms with Gasteiger partial charge in [0.2, 0.25) is 0 Å². The molecule has 4 rings (SSSR count). The maximum atomic E-state index is 12.7. The van der Waals surface area contributed by atoms with Crippen LogP contribution in [0.2, 0.25) is 0 Å². The largest absolute Gasteiger partial charge is 0.511 e. The molecule has 24 heavy (non-hydrogen) atoms. The number of benzene rings is 1. The fraction of sp³-hybridized carbons (Fsp3) is 0.500. The van der Waals surface area contributed by atoms with Crippen molar-refractivity contribution in [1.82, 2.24) is 5.32 Å². The van der Waals surface area contributed by atoms with E-state index in [9.17, 15) is 9.90 Å². The molecule has 0 saturated heterocycles. The Morgan fingerprint density at radius 2 is 2.04 bits per heavy atom. The molecule has 3 atom stereocenters. The van der Waals surface area contributed by atoms with E-state index in [1.165, 1.54) is 18.4 Å². The van der Waals surface area contributed by atoms with Crippen molar-refractivity contribution in [1.29, 1.82) is 0 Å². The lowest BCUT2D eigenvalue weighted by Crippen LogP contribution is -2.39. The highest BCUT2D eigenvalue weighted by molar-refractivity contribution is 6.23. The number of aryl methyl sites for hydroxylation is 1. The maximum Gasteiger partial charge on any atom is 0.170 e. The first kappa shape index (κ1) is 15.4. The second-order valence-electron chi connectivity index (χ2n) is 7.34. The van der Waals surface area contributed by atoms with Crippen LogP contribution in [-0.2, 0) is 4.79 Å². The monoisotopic (exact) mass is 324 g/mol. The molecule has 1 unspecified atom stereocenters. The third-order valence-corrected chi connectivity index (χ3v) is 5.54. The van der Waals surface area contributed by atoms with Gasteiger partial charge in [-0.1, -0.05) is 42.7 Å². The fourth-order valence-electron chi connectivity index (χ4n) is 4.27. The molecule has 2 aliphatic carbocycles. The highest BCUT2D eigenvalue weighted by atomic mass is 16.3. The Hall–Kier alpha value is -2.10. The van der Waals surface area contributed by atoms with Gasteiger partial charge >= 0.3 is 0 Å². The van der Waals surface area contributed by atoms with Crippen LogP contribution in [0.4, 0.5) is 0 Å². The Morgan fingerprint density at radius 3 is 2.79 bits per heavy atom. The molecular weight excluding hydrogens is 300 g/mol. The van der Waals surface area contributed by atoms with E-state index in [4.69, 9.17) is 4.99 Å². The molecular formula is C20H24N2O2. The van der Waals surface area contributed by atoms with Crippen molar-refractivity contribution >= 4 is 11.6 Å². The van der Waals surface area contributed by atoms with Crippen molar-refractivity contribution in [3.05, 3.63) is 46.7 Å². The van der Waals surface area contributed by atoms with Crippen LogP contribution in [0.3, 0.4) is 0 Å². The minimum absolute atomic E-state index is 0.00940. The summed E-state index contributed by atoms with van der Waals surface area (Å²) in [5.74, 6) is 0.903. The molecule has 4 nitrogen and oxygen atoms in total. The first-order valence-electron chi connectivity index (χ1n) is 8.98. The molecule has 2 N–H and O–H groups in total. The molecule has 1 heterocycles. The molecule has 0 radical (unpaired) electrons. The summed E-state index contributed by atoms with van der Waals surface area (Å²) >= 11 is 0. The lowest BCUT2D eigenvalue weighted by molar-refractivity contribution is -0.116. The molecule has 1 aromatic rings. The summed E-state index contributed by atoms with van der Waals surface area (Å²) in [6.07, 6.45) is 5.56. The van der Waals surface area contributed by atoms with E-state index in [0.29, 0.717) is 30.3 Å². The van der Waals surface area contributed by atoms with E-state index in [-0.39, 0.29) is 23.5 Å². The topological polar surface area (TPSA) is 61.7 Å². The van der Waals surface area contributed by atoms with Crippen molar-refractivity contribution in [2.75, 3.05) is 0 Å². The predicted molar refractivity (Wildman–Crippen MR) is 94.4 cm³/mol. The zero-order chi connectivity index (χ0) is 16.7. The van der Waals surface area contributed by atoms with Crippen molar-refractivity contribution in [2.45, 2.75) is 63.5 Å². The van der Waals surface area contributed by atoms with Gasteiger partial charge in [-0.2, -0.15) is 0 Å². The van der Waals surface area contributed by atoms with Gasteiger partial charge in [-0.15, -0.1) is 0 Å². The number of fused-ring (bicyclic) bond motifs is 1. The summed E-state index contributed by atoms with van der Waals surface area (Å²) in [6, 6.07) is 8.83. The quantitative estimate of drug-likeness (QED) is 0.874. The fourth-order valence-corrected chi connectivity index (χ4v) is 4.27. The number of rotatable bonds is 2. The van der Waals surface area contributed by atoms with E-state index in [1.807, 2.05) is 25.1 Å². The summed E-state index contributed by atoms with van der Waals surface area (Å²) < 4.78 is 0. The Kier molecular flexibility index (Phi) is 3.91. The second-order valence-corrected chi connectivity index (χ2v) is 7.34. The number of nitrogens with zero attached hydrogens (tertiary/aromatic N) is 1. The average molecular weight is 324 g/mol. The van der Waals surface area contributed by atoms with Crippen molar-refractivity contribution < 1.29 is 9.90 Å². The molecule has 1 aromatic carbocycles. The van der Waals surface area contributed by atoms with Crippen LogP contribution >= 0.6 is 0 Å². The standard InChI is InChI=1S/C20H24N2O2/c1-12-5-4-6-13(9-12)14-10-17(23)19(18(24)11-14)20-21-15-7-2-3-8-16(15)22-20/h4-6,9,14-16,23H,2-3,7-8,10-11H2,1H3,(H,21,22)/t14?,15-,16-/m1/s1. The number of hydrogen-bond donors (Lipinski definition) is 2. The zero-order valence-electron chi connectivity index (χ0n) is 14.1. The number of carbonyl (C=O) groups is 1. The number of ketones is 1. The second kappa shape index (κ2) is 6.08. The van der Waals surface area contributed by atoms with E-state index < -0.39 is 0 Å². The lowest BCUT2D eigenvalue weighted by Gasteiger charge is -2.25. The van der Waals surface area contributed by atoms with E-state index in [2.05, 4.69) is 11.4 Å². The van der Waals surface area contributed by atoms with Gasteiger partial charge in [0.1, 0.15) is 11.6 Å². The summed E-state index contributed by atoms with van der Waals surface area (Å²) in [7, 11) is 0. The normalized spacial score (nSPS) is 30.0. The van der Waals surface area contributed by atoms with Crippen LogP contribution < -0.4 is 5.32 Å². The summed E-state index contributed by atoms with van der Waals surface area (Å²) in [5, 5.41) is 14.0. The van der Waals surface area contributed by atoms with Crippen molar-refractivity contribution in [3.8, 4) is 0 Å². The Balaban J connectivity index is 1.59. The molecule has 1 saturated carbocycles. The molecule has 4 heteroatoms. The van der Waals surface area contributed by atoms with Crippen LogP contribution in [0.15, 0.2) is 40.6 Å². The summed E-state index contributed by atoms with van der Waals surface area (Å²) in [4.78, 5) is 17.4. The highest BCUT2D eigenvalue weighted by Crippen LogP contribution is 2.35. The Bertz CT molecular complexity index is 735. The van der Waals surface area contributed by atoms with Crippen LogP contribution in [0.1, 0.15) is 55.6 Å². The molecule has 0 bridgehead atoms. The summed E-state index contributed by atoms with van der Waals surface area (Å²) in [5.41, 5.74) is 2.75. The van der Waals surface area contributed by atoms with Gasteiger partial charge in [0.15, 0.2) is 5.78 Å². The maximum absolute atomic E-state index is 12.7. The van der Waals surface area contributed by atoms with Crippen LogP contribution in [0, 0.1) is 6.92 Å². The number of carbonyl (C=O) groups excluding carboxylic acids is 1. The van der Waals surface area contributed by atoms with Gasteiger partial charge in [0, 0.05) is 18.9 Å². The number of hydrogen-bond acceptors (Lipinski definition) is 4. The molecule has 1 aliphatic heterocycles. The van der Waals surface area contributed by atoms with Gasteiger partial charge in [0.05, 0.1) is 11.6 Å². The SMILES string of the molecule is Cc1cccc(C2CC(=O)C(C3=N[C@@H]4CCCC[C@H]4N3)=C(O)C2)c1. The first-order chi connectivity index (χ1) is 11.6. The van der Waals surface area contributed by atoms with Crippen molar-refractivity contribution in [2.24, 2.45) is 4.99 Å². The number of allylic oxidation sites excluding steroid dienone is 1. The number of aliphatic imine (C=N–C) groups is 1. The van der Waals surface area contributed by atoms with Gasteiger partial charge in [-0.3, -0.25) is 9.79 Å². The molecule has 126 valence electrons. The van der Waals surface area contributed by atoms with Crippen LogP contribution in [0.5, 0.6) is 0 Å². The smallest absolute Gasteiger partial charge is 0.170 e. The van der Waals surface area contributed by atoms with Crippen molar-refractivity contribution in [3.63, 3.8) is 0 Å². The van der Waals surface area contributed by atoms with E-state index in [1.54, 1.807) is 0 Å². The van der Waals surface area contributed by atoms with Gasteiger partial charge in [0.25, 0.3) is 0 Å². The average Bonchev–Trinajstić information content (AvgIpc) is 2.97. The molecule has 0 spiro atoms. The Morgan fingerprint density at radius 1 is 1.21 bits per heavy atom. The first-order valence-corrected chi connectivity index (χ1v) is 8.98. The molecule has 3 aliphatic rings. The number of aliphatic hydroxyl groups is 1. The molecule has 0 amide bonds. The molecule has 0 aromatic heterocycles. The minimum Gasteiger partial charge on any atom is -0.511 e. The third-order valence-electron chi connectivity index (χ3n) is 5.54. The number of amidine groups is 1. The number of Topliss-reactive ketones (excluding diaryl/α,β-unsaturated/α-hetero) is 1. The number of nitrogens with one attached hydrogen (secondary N) is 1. The van der Waals surface area contributed by atoms with Gasteiger partial charge in [-0.25, -0.2) is 0 Å². The predicted octanol–water partition coefficient (Wildman–Crippen LogP) is 3.57. The lowest BCUT2D eigenvalue weighted by atomic mass is 9.82. The van der Waals surface area contributed by atoms with Crippen LogP contribution in [0.25, 0.3) is 0 Å². The van der Waals surface area contributed by atoms with Crippen LogP contribution in [-0.4, -0.2) is 28.8 Å². The minimum atomic E-state index is 0.00940. The van der Waals surface area contributed by atoms with Gasteiger partial charge < -0.3 is 10.4 Å². The van der Waals surface area contributed by atoms with E-state index >= 15 is 0 Å². The highest BCUT2D eigenvalue weighted by Gasteiger charge is 2.37. The third kappa shape index (κ3) is 2.74.